The van der Waals surface area contributed by atoms with Crippen molar-refractivity contribution in [3.05, 3.63) is 107 Å². The first-order valence-electron chi connectivity index (χ1n) is 10.8. The number of rotatable bonds is 6. The highest BCUT2D eigenvalue weighted by atomic mass is 16.4. The molecule has 4 nitrogen and oxygen atoms in total. The van der Waals surface area contributed by atoms with Crippen molar-refractivity contribution in [1.82, 2.24) is 0 Å². The molecule has 0 unspecified atom stereocenters. The second kappa shape index (κ2) is 9.13. The number of hydrogen-bond donors (Lipinski definition) is 2. The molecule has 0 aliphatic heterocycles. The van der Waals surface area contributed by atoms with Gasteiger partial charge < -0.3 is 10.2 Å². The maximum Gasteiger partial charge on any atom is 0.336 e. The van der Waals surface area contributed by atoms with Crippen molar-refractivity contribution in [3.8, 4) is 33.4 Å². The Bertz CT molecular complexity index is 1350. The van der Waals surface area contributed by atoms with Gasteiger partial charge in [-0.15, -0.1) is 0 Å². The number of carboxylic acid groups (broad SMARTS) is 2. The number of aromatic carboxylic acids is 2. The summed E-state index contributed by atoms with van der Waals surface area (Å²) >= 11 is 0. The molecular formula is C29H24O4. The summed E-state index contributed by atoms with van der Waals surface area (Å²) in [5.74, 6) is -2.05. The molecule has 0 spiro atoms. The van der Waals surface area contributed by atoms with Crippen LogP contribution in [0.4, 0.5) is 0 Å². The zero-order valence-electron chi connectivity index (χ0n) is 18.5. The lowest BCUT2D eigenvalue weighted by atomic mass is 9.79. The fourth-order valence-corrected chi connectivity index (χ4v) is 4.50. The van der Waals surface area contributed by atoms with Gasteiger partial charge in [-0.1, -0.05) is 79.7 Å². The van der Waals surface area contributed by atoms with Crippen LogP contribution < -0.4 is 0 Å². The SMILES string of the molecule is CCc1cc(C)c(-c2ccccc2)c(-c2ccccc2C(=O)O)c1-c1ccccc1C(=O)O. The Morgan fingerprint density at radius 3 is 1.67 bits per heavy atom. The Hall–Kier alpha value is -4.18. The molecule has 0 bridgehead atoms. The summed E-state index contributed by atoms with van der Waals surface area (Å²) in [4.78, 5) is 24.4. The third-order valence-electron chi connectivity index (χ3n) is 5.90. The molecular weight excluding hydrogens is 412 g/mol. The average Bonchev–Trinajstić information content (AvgIpc) is 2.83. The molecule has 4 aromatic carbocycles. The van der Waals surface area contributed by atoms with E-state index in [1.807, 2.05) is 56.3 Å². The summed E-state index contributed by atoms with van der Waals surface area (Å²) < 4.78 is 0. The second-order valence-electron chi connectivity index (χ2n) is 7.90. The van der Waals surface area contributed by atoms with Gasteiger partial charge in [0.1, 0.15) is 0 Å². The molecule has 0 saturated carbocycles. The zero-order chi connectivity index (χ0) is 23.5. The van der Waals surface area contributed by atoms with Gasteiger partial charge in [-0.2, -0.15) is 0 Å². The summed E-state index contributed by atoms with van der Waals surface area (Å²) in [5.41, 5.74) is 6.82. The van der Waals surface area contributed by atoms with Crippen molar-refractivity contribution < 1.29 is 19.8 Å². The first kappa shape index (κ1) is 22.0. The lowest BCUT2D eigenvalue weighted by Crippen LogP contribution is -2.06. The molecule has 0 aliphatic carbocycles. The molecule has 0 aromatic heterocycles. The molecule has 0 atom stereocenters. The van der Waals surface area contributed by atoms with Crippen molar-refractivity contribution in [1.29, 1.82) is 0 Å². The maximum atomic E-state index is 12.2. The van der Waals surface area contributed by atoms with E-state index in [2.05, 4.69) is 6.07 Å². The van der Waals surface area contributed by atoms with Crippen LogP contribution in [-0.4, -0.2) is 22.2 Å². The first-order chi connectivity index (χ1) is 15.9. The molecule has 4 aromatic rings. The molecule has 164 valence electrons. The molecule has 0 saturated heterocycles. The highest BCUT2D eigenvalue weighted by molar-refractivity contribution is 6.07. The molecule has 33 heavy (non-hydrogen) atoms. The summed E-state index contributed by atoms with van der Waals surface area (Å²) in [6.45, 7) is 4.04. The number of aryl methyl sites for hydroxylation is 2. The molecule has 4 rings (SSSR count). The van der Waals surface area contributed by atoms with Crippen LogP contribution in [-0.2, 0) is 6.42 Å². The first-order valence-corrected chi connectivity index (χ1v) is 10.8. The van der Waals surface area contributed by atoms with Crippen LogP contribution in [0.15, 0.2) is 84.9 Å². The van der Waals surface area contributed by atoms with Crippen molar-refractivity contribution in [2.75, 3.05) is 0 Å². The summed E-state index contributed by atoms with van der Waals surface area (Å²) in [5, 5.41) is 19.9. The normalized spacial score (nSPS) is 10.7. The molecule has 0 fully saturated rings. The van der Waals surface area contributed by atoms with Crippen LogP contribution in [0.3, 0.4) is 0 Å². The molecule has 0 amide bonds. The van der Waals surface area contributed by atoms with Crippen LogP contribution >= 0.6 is 0 Å². The highest BCUT2D eigenvalue weighted by Crippen LogP contribution is 2.46. The third kappa shape index (κ3) is 4.03. The zero-order valence-corrected chi connectivity index (χ0v) is 18.5. The van der Waals surface area contributed by atoms with Crippen molar-refractivity contribution in [3.63, 3.8) is 0 Å². The Kier molecular flexibility index (Phi) is 6.09. The van der Waals surface area contributed by atoms with Crippen LogP contribution in [0.1, 0.15) is 38.8 Å². The quantitative estimate of drug-likeness (QED) is 0.343. The maximum absolute atomic E-state index is 12.2. The predicted molar refractivity (Wildman–Crippen MR) is 131 cm³/mol. The third-order valence-corrected chi connectivity index (χ3v) is 5.90. The van der Waals surface area contributed by atoms with E-state index in [0.717, 1.165) is 33.4 Å². The number of hydrogen-bond acceptors (Lipinski definition) is 2. The van der Waals surface area contributed by atoms with E-state index in [4.69, 9.17) is 0 Å². The van der Waals surface area contributed by atoms with Gasteiger partial charge >= 0.3 is 11.9 Å². The Morgan fingerprint density at radius 2 is 1.15 bits per heavy atom. The smallest absolute Gasteiger partial charge is 0.336 e. The standard InChI is InChI=1S/C29H24O4/c1-3-19-17-18(2)25(20-11-5-4-6-12-20)27(22-14-8-10-16-24(22)29(32)33)26(19)21-13-7-9-15-23(21)28(30)31/h4-17H,3H2,1-2H3,(H,30,31)(H,32,33). The monoisotopic (exact) mass is 436 g/mol. The average molecular weight is 437 g/mol. The Morgan fingerprint density at radius 1 is 0.667 bits per heavy atom. The van der Waals surface area contributed by atoms with Crippen molar-refractivity contribution in [2.24, 2.45) is 0 Å². The molecule has 4 heteroatoms. The molecule has 0 heterocycles. The van der Waals surface area contributed by atoms with Gasteiger partial charge in [-0.05, 0) is 70.0 Å². The topological polar surface area (TPSA) is 74.6 Å². The largest absolute Gasteiger partial charge is 0.478 e. The summed E-state index contributed by atoms with van der Waals surface area (Å²) in [6, 6.07) is 25.7. The van der Waals surface area contributed by atoms with E-state index >= 15 is 0 Å². The van der Waals surface area contributed by atoms with E-state index in [9.17, 15) is 19.8 Å². The highest BCUT2D eigenvalue weighted by Gasteiger charge is 2.25. The predicted octanol–water partition coefficient (Wildman–Crippen LogP) is 6.95. The van der Waals surface area contributed by atoms with Gasteiger partial charge in [-0.25, -0.2) is 9.59 Å². The van der Waals surface area contributed by atoms with Crippen molar-refractivity contribution in [2.45, 2.75) is 20.3 Å². The van der Waals surface area contributed by atoms with Gasteiger partial charge in [-0.3, -0.25) is 0 Å². The van der Waals surface area contributed by atoms with E-state index in [1.165, 1.54) is 0 Å². The molecule has 0 aliphatic rings. The van der Waals surface area contributed by atoms with Crippen LogP contribution in [0.2, 0.25) is 0 Å². The number of benzene rings is 4. The molecule has 0 radical (unpaired) electrons. The Labute approximate surface area is 192 Å². The minimum atomic E-state index is -1.03. The van der Waals surface area contributed by atoms with Crippen LogP contribution in [0.5, 0.6) is 0 Å². The van der Waals surface area contributed by atoms with E-state index < -0.39 is 11.9 Å². The van der Waals surface area contributed by atoms with E-state index in [1.54, 1.807) is 36.4 Å². The van der Waals surface area contributed by atoms with E-state index in [-0.39, 0.29) is 11.1 Å². The van der Waals surface area contributed by atoms with Crippen LogP contribution in [0, 0.1) is 6.92 Å². The molecule has 2 N–H and O–H groups in total. The Balaban J connectivity index is 2.25. The fourth-order valence-electron chi connectivity index (χ4n) is 4.50. The van der Waals surface area contributed by atoms with Gasteiger partial charge in [0.05, 0.1) is 11.1 Å². The number of carboxylic acids is 2. The van der Waals surface area contributed by atoms with Gasteiger partial charge in [0.2, 0.25) is 0 Å². The van der Waals surface area contributed by atoms with Crippen LogP contribution in [0.25, 0.3) is 33.4 Å². The van der Waals surface area contributed by atoms with E-state index in [0.29, 0.717) is 17.5 Å². The number of carbonyl (C=O) groups is 2. The summed E-state index contributed by atoms with van der Waals surface area (Å²) in [7, 11) is 0. The fraction of sp³-hybridized carbons (Fsp3) is 0.103. The summed E-state index contributed by atoms with van der Waals surface area (Å²) in [6.07, 6.45) is 0.668. The minimum absolute atomic E-state index is 0.177. The second-order valence-corrected chi connectivity index (χ2v) is 7.90. The van der Waals surface area contributed by atoms with Crippen molar-refractivity contribution >= 4 is 11.9 Å². The minimum Gasteiger partial charge on any atom is -0.478 e. The lowest BCUT2D eigenvalue weighted by Gasteiger charge is -2.24. The lowest BCUT2D eigenvalue weighted by molar-refractivity contribution is 0.0686. The van der Waals surface area contributed by atoms with Gasteiger partial charge in [0, 0.05) is 0 Å². The van der Waals surface area contributed by atoms with Gasteiger partial charge in [0.25, 0.3) is 0 Å². The van der Waals surface area contributed by atoms with Gasteiger partial charge in [0.15, 0.2) is 0 Å².